The molecule has 3 amide bonds. The van der Waals surface area contributed by atoms with E-state index in [1.165, 1.54) is 4.90 Å². The van der Waals surface area contributed by atoms with Crippen LogP contribution < -0.4 is 14.4 Å². The van der Waals surface area contributed by atoms with Gasteiger partial charge in [0, 0.05) is 24.5 Å². The van der Waals surface area contributed by atoms with Crippen molar-refractivity contribution in [2.75, 3.05) is 39.3 Å². The number of esters is 1. The first-order valence-electron chi connectivity index (χ1n) is 10.6. The van der Waals surface area contributed by atoms with Crippen LogP contribution in [0.25, 0.3) is 0 Å². The standard InChI is InChI=1S/C22H27N5O6/c1-7-33-17(28)11-25-20(29)18-19(24(4)22(25)30)23-21-26(12(2)13(3)27(18)21)15-10-14(31-5)8-9-16(15)32-6/h8-10,18-19H,7,11H2,1-6H3. The number of benzene rings is 1. The highest BCUT2D eigenvalue weighted by Gasteiger charge is 2.56. The van der Waals surface area contributed by atoms with E-state index in [1.54, 1.807) is 40.3 Å². The molecule has 1 aromatic carbocycles. The van der Waals surface area contributed by atoms with Crippen LogP contribution in [0.5, 0.6) is 11.5 Å². The number of urea groups is 1. The molecule has 11 heteroatoms. The Balaban J connectivity index is 1.75. The number of anilines is 1. The van der Waals surface area contributed by atoms with Crippen molar-refractivity contribution in [1.82, 2.24) is 14.7 Å². The van der Waals surface area contributed by atoms with Crippen molar-refractivity contribution < 1.29 is 28.6 Å². The van der Waals surface area contributed by atoms with Crippen LogP contribution in [0.3, 0.4) is 0 Å². The van der Waals surface area contributed by atoms with E-state index in [2.05, 4.69) is 0 Å². The van der Waals surface area contributed by atoms with Crippen LogP contribution in [0.4, 0.5) is 10.5 Å². The first-order valence-corrected chi connectivity index (χ1v) is 10.6. The molecule has 1 saturated heterocycles. The summed E-state index contributed by atoms with van der Waals surface area (Å²) in [5.74, 6) is 0.591. The zero-order valence-electron chi connectivity index (χ0n) is 19.5. The molecule has 1 fully saturated rings. The number of imide groups is 1. The third kappa shape index (κ3) is 3.35. The number of carbonyl (C=O) groups is 3. The molecular formula is C22H27N5O6. The summed E-state index contributed by atoms with van der Waals surface area (Å²) in [5, 5.41) is 0. The van der Waals surface area contributed by atoms with Gasteiger partial charge in [0.25, 0.3) is 5.91 Å². The van der Waals surface area contributed by atoms with Gasteiger partial charge in [-0.3, -0.25) is 24.3 Å². The highest BCUT2D eigenvalue weighted by Crippen LogP contribution is 2.43. The Morgan fingerprint density at radius 2 is 1.85 bits per heavy atom. The quantitative estimate of drug-likeness (QED) is 0.594. The lowest BCUT2D eigenvalue weighted by molar-refractivity contribution is -0.150. The van der Waals surface area contributed by atoms with Gasteiger partial charge in [-0.2, -0.15) is 0 Å². The Morgan fingerprint density at radius 1 is 1.12 bits per heavy atom. The van der Waals surface area contributed by atoms with Gasteiger partial charge in [0.05, 0.1) is 26.5 Å². The van der Waals surface area contributed by atoms with E-state index in [0.29, 0.717) is 23.1 Å². The lowest BCUT2D eigenvalue weighted by Gasteiger charge is -2.40. The zero-order valence-corrected chi connectivity index (χ0v) is 19.5. The fourth-order valence-electron chi connectivity index (χ4n) is 4.35. The molecule has 4 rings (SSSR count). The highest BCUT2D eigenvalue weighted by atomic mass is 16.5. The van der Waals surface area contributed by atoms with E-state index in [1.807, 2.05) is 29.7 Å². The fraction of sp³-hybridized carbons (Fsp3) is 0.455. The molecule has 0 bridgehead atoms. The van der Waals surface area contributed by atoms with Crippen LogP contribution in [-0.2, 0) is 14.3 Å². The monoisotopic (exact) mass is 457 g/mol. The number of hydrogen-bond donors (Lipinski definition) is 0. The Hall–Kier alpha value is -3.76. The second kappa shape index (κ2) is 8.30. The van der Waals surface area contributed by atoms with Gasteiger partial charge in [0.2, 0.25) is 5.96 Å². The number of methoxy groups -OCH3 is 2. The molecule has 2 atom stereocenters. The first-order chi connectivity index (χ1) is 15.7. The Morgan fingerprint density at radius 3 is 2.48 bits per heavy atom. The van der Waals surface area contributed by atoms with E-state index in [4.69, 9.17) is 19.2 Å². The van der Waals surface area contributed by atoms with Gasteiger partial charge < -0.3 is 19.1 Å². The van der Waals surface area contributed by atoms with Crippen LogP contribution in [-0.4, -0.2) is 85.2 Å². The second-order valence-corrected chi connectivity index (χ2v) is 7.82. The summed E-state index contributed by atoms with van der Waals surface area (Å²) >= 11 is 0. The van der Waals surface area contributed by atoms with Gasteiger partial charge in [0.1, 0.15) is 18.0 Å². The van der Waals surface area contributed by atoms with Crippen LogP contribution >= 0.6 is 0 Å². The molecule has 3 aliphatic heterocycles. The van der Waals surface area contributed by atoms with Crippen molar-refractivity contribution in [2.45, 2.75) is 33.0 Å². The molecule has 1 aromatic rings. The SMILES string of the molecule is CCOC(=O)CN1C(=O)C2C(N=C3N(c4cc(OC)ccc4OC)C(C)=C(C)N32)N(C)C1=O. The number of carbonyl (C=O) groups excluding carboxylic acids is 3. The van der Waals surface area contributed by atoms with Crippen molar-refractivity contribution in [2.24, 2.45) is 4.99 Å². The number of nitrogens with zero attached hydrogens (tertiary/aromatic N) is 5. The summed E-state index contributed by atoms with van der Waals surface area (Å²) in [6, 6.07) is 4.02. The van der Waals surface area contributed by atoms with Crippen molar-refractivity contribution >= 4 is 29.6 Å². The zero-order chi connectivity index (χ0) is 24.0. The molecular weight excluding hydrogens is 430 g/mol. The minimum Gasteiger partial charge on any atom is -0.497 e. The number of rotatable bonds is 6. The molecule has 176 valence electrons. The average molecular weight is 457 g/mol. The molecule has 3 heterocycles. The van der Waals surface area contributed by atoms with E-state index < -0.39 is 36.7 Å². The summed E-state index contributed by atoms with van der Waals surface area (Å²) < 4.78 is 15.9. The molecule has 0 spiro atoms. The summed E-state index contributed by atoms with van der Waals surface area (Å²) in [6.45, 7) is 5.19. The van der Waals surface area contributed by atoms with Crippen molar-refractivity contribution in [3.63, 3.8) is 0 Å². The fourth-order valence-corrected chi connectivity index (χ4v) is 4.35. The van der Waals surface area contributed by atoms with Crippen molar-refractivity contribution in [3.8, 4) is 11.5 Å². The van der Waals surface area contributed by atoms with E-state index >= 15 is 0 Å². The normalized spacial score (nSPS) is 21.9. The molecule has 0 aromatic heterocycles. The Kier molecular flexibility index (Phi) is 5.64. The molecule has 0 radical (unpaired) electrons. The predicted octanol–water partition coefficient (Wildman–Crippen LogP) is 1.60. The van der Waals surface area contributed by atoms with Crippen molar-refractivity contribution in [3.05, 3.63) is 29.6 Å². The lowest BCUT2D eigenvalue weighted by atomic mass is 10.1. The first kappa shape index (κ1) is 22.4. The Labute approximate surface area is 191 Å². The summed E-state index contributed by atoms with van der Waals surface area (Å²) in [6.07, 6.45) is -0.736. The predicted molar refractivity (Wildman–Crippen MR) is 119 cm³/mol. The molecule has 0 saturated carbocycles. The van der Waals surface area contributed by atoms with Crippen LogP contribution in [0.2, 0.25) is 0 Å². The third-order valence-corrected chi connectivity index (χ3v) is 6.11. The molecule has 0 N–H and O–H groups in total. The van der Waals surface area contributed by atoms with Crippen LogP contribution in [0.15, 0.2) is 34.6 Å². The minimum atomic E-state index is -0.798. The number of ether oxygens (including phenoxy) is 3. The molecule has 0 aliphatic carbocycles. The maximum atomic E-state index is 13.4. The van der Waals surface area contributed by atoms with Gasteiger partial charge in [-0.15, -0.1) is 0 Å². The largest absolute Gasteiger partial charge is 0.497 e. The summed E-state index contributed by atoms with van der Waals surface area (Å²) in [7, 11) is 4.72. The maximum Gasteiger partial charge on any atom is 0.328 e. The topological polar surface area (TPSA) is 104 Å². The lowest BCUT2D eigenvalue weighted by Crippen LogP contribution is -2.65. The van der Waals surface area contributed by atoms with Crippen LogP contribution in [0, 0.1) is 0 Å². The summed E-state index contributed by atoms with van der Waals surface area (Å²) in [4.78, 5) is 49.1. The number of hydrogen-bond acceptors (Lipinski definition) is 9. The molecule has 3 aliphatic rings. The Bertz CT molecular complexity index is 1080. The number of amides is 3. The third-order valence-electron chi connectivity index (χ3n) is 6.11. The minimum absolute atomic E-state index is 0.161. The van der Waals surface area contributed by atoms with Gasteiger partial charge in [0.15, 0.2) is 12.2 Å². The summed E-state index contributed by atoms with van der Waals surface area (Å²) in [5.41, 5.74) is 2.35. The van der Waals surface area contributed by atoms with Gasteiger partial charge in [-0.05, 0) is 32.9 Å². The number of aliphatic imine (C=N–C) groups is 1. The molecule has 33 heavy (non-hydrogen) atoms. The van der Waals surface area contributed by atoms with Crippen LogP contribution in [0.1, 0.15) is 20.8 Å². The molecule has 2 unspecified atom stereocenters. The van der Waals surface area contributed by atoms with Crippen molar-refractivity contribution in [1.29, 1.82) is 0 Å². The van der Waals surface area contributed by atoms with E-state index in [9.17, 15) is 14.4 Å². The second-order valence-electron chi connectivity index (χ2n) is 7.82. The number of guanidine groups is 1. The van der Waals surface area contributed by atoms with Gasteiger partial charge >= 0.3 is 12.0 Å². The average Bonchev–Trinajstić information content (AvgIpc) is 3.30. The highest BCUT2D eigenvalue weighted by molar-refractivity contribution is 6.11. The maximum absolute atomic E-state index is 13.4. The smallest absolute Gasteiger partial charge is 0.328 e. The van der Waals surface area contributed by atoms with Gasteiger partial charge in [-0.25, -0.2) is 9.79 Å². The number of fused-ring (bicyclic) bond motifs is 3. The van der Waals surface area contributed by atoms with Gasteiger partial charge in [-0.1, -0.05) is 0 Å². The number of allylic oxidation sites excluding steroid dienone is 2. The van der Waals surface area contributed by atoms with E-state index in [0.717, 1.165) is 16.3 Å². The molecule has 11 nitrogen and oxygen atoms in total. The number of likely N-dealkylation sites (N-methyl/N-ethyl adjacent to an activating group) is 1. The van der Waals surface area contributed by atoms with E-state index in [-0.39, 0.29) is 6.61 Å².